The van der Waals surface area contributed by atoms with E-state index in [2.05, 4.69) is 10.00 Å². The highest BCUT2D eigenvalue weighted by Crippen LogP contribution is 2.27. The van der Waals surface area contributed by atoms with Gasteiger partial charge in [0.2, 0.25) is 5.69 Å². The molecule has 4 rings (SSSR count). The van der Waals surface area contributed by atoms with Crippen LogP contribution in [0.15, 0.2) is 65.6 Å². The van der Waals surface area contributed by atoms with Crippen LogP contribution in [0, 0.1) is 0 Å². The summed E-state index contributed by atoms with van der Waals surface area (Å²) in [4.78, 5) is 26.4. The number of aromatic nitrogens is 2. The molecule has 0 radical (unpaired) electrons. The topological polar surface area (TPSA) is 84.7 Å². The maximum absolute atomic E-state index is 12.6. The van der Waals surface area contributed by atoms with Crippen LogP contribution in [0.25, 0.3) is 5.69 Å². The lowest BCUT2D eigenvalue weighted by Gasteiger charge is -2.22. The van der Waals surface area contributed by atoms with Gasteiger partial charge in [-0.15, -0.1) is 0 Å². The summed E-state index contributed by atoms with van der Waals surface area (Å²) < 4.78 is 7.12. The summed E-state index contributed by atoms with van der Waals surface area (Å²) in [7, 11) is 0. The maximum Gasteiger partial charge on any atom is 0.360 e. The Balaban J connectivity index is 1.75. The van der Waals surface area contributed by atoms with Gasteiger partial charge < -0.3 is 14.7 Å². The van der Waals surface area contributed by atoms with E-state index in [0.29, 0.717) is 5.69 Å². The third-order valence-electron chi connectivity index (χ3n) is 4.90. The number of hydrogen-bond donors (Lipinski definition) is 1. The van der Waals surface area contributed by atoms with Crippen LogP contribution in [-0.2, 0) is 6.61 Å². The van der Waals surface area contributed by atoms with Gasteiger partial charge in [0.1, 0.15) is 6.61 Å². The molecule has 0 atom stereocenters. The van der Waals surface area contributed by atoms with Gasteiger partial charge in [-0.25, -0.2) is 9.48 Å². The summed E-state index contributed by atoms with van der Waals surface area (Å²) in [6.07, 6.45) is 3.68. The molecule has 29 heavy (non-hydrogen) atoms. The molecule has 0 amide bonds. The van der Waals surface area contributed by atoms with Gasteiger partial charge in [0.15, 0.2) is 5.75 Å². The van der Waals surface area contributed by atoms with Crippen molar-refractivity contribution in [2.45, 2.75) is 19.4 Å². The number of anilines is 1. The van der Waals surface area contributed by atoms with Gasteiger partial charge in [0.25, 0.3) is 5.43 Å². The van der Waals surface area contributed by atoms with E-state index in [1.807, 2.05) is 54.6 Å². The van der Waals surface area contributed by atoms with Crippen molar-refractivity contribution < 1.29 is 14.6 Å². The molecule has 0 unspecified atom stereocenters. The summed E-state index contributed by atoms with van der Waals surface area (Å²) >= 11 is 0. The third-order valence-corrected chi connectivity index (χ3v) is 4.90. The molecule has 148 valence electrons. The first-order chi connectivity index (χ1) is 14.1. The number of carboxylic acid groups (broad SMARTS) is 1. The highest BCUT2D eigenvalue weighted by atomic mass is 16.5. The molecule has 3 aromatic rings. The third kappa shape index (κ3) is 3.99. The molecule has 1 aliphatic rings. The first kappa shape index (κ1) is 18.7. The Hall–Kier alpha value is -3.61. The minimum Gasteiger partial charge on any atom is -0.483 e. The van der Waals surface area contributed by atoms with Crippen molar-refractivity contribution in [3.05, 3.63) is 82.3 Å². The fourth-order valence-electron chi connectivity index (χ4n) is 3.45. The smallest absolute Gasteiger partial charge is 0.360 e. The van der Waals surface area contributed by atoms with E-state index in [-0.39, 0.29) is 12.4 Å². The van der Waals surface area contributed by atoms with Crippen LogP contribution in [0.3, 0.4) is 0 Å². The number of rotatable bonds is 6. The number of benzene rings is 2. The van der Waals surface area contributed by atoms with Crippen molar-refractivity contribution in [3.8, 4) is 11.4 Å². The zero-order chi connectivity index (χ0) is 20.2. The Morgan fingerprint density at radius 2 is 1.66 bits per heavy atom. The van der Waals surface area contributed by atoms with Crippen LogP contribution in [0.2, 0.25) is 0 Å². The Labute approximate surface area is 167 Å². The molecule has 1 aliphatic heterocycles. The highest BCUT2D eigenvalue weighted by molar-refractivity contribution is 5.85. The summed E-state index contributed by atoms with van der Waals surface area (Å²) in [5.41, 5.74) is 1.24. The molecule has 2 aromatic carbocycles. The molecule has 1 saturated heterocycles. The molecule has 7 nitrogen and oxygen atoms in total. The Kier molecular flexibility index (Phi) is 5.29. The molecule has 7 heteroatoms. The van der Waals surface area contributed by atoms with Crippen molar-refractivity contribution >= 4 is 11.7 Å². The molecule has 1 N–H and O–H groups in total. The maximum atomic E-state index is 12.6. The van der Waals surface area contributed by atoms with Gasteiger partial charge in [0, 0.05) is 13.1 Å². The minimum atomic E-state index is -1.38. The highest BCUT2D eigenvalue weighted by Gasteiger charge is 2.21. The molecule has 0 bridgehead atoms. The second kappa shape index (κ2) is 8.18. The number of nitrogens with zero attached hydrogens (tertiary/aromatic N) is 3. The van der Waals surface area contributed by atoms with Gasteiger partial charge in [-0.2, -0.15) is 5.10 Å². The minimum absolute atomic E-state index is 0.0440. The van der Waals surface area contributed by atoms with Crippen molar-refractivity contribution in [2.75, 3.05) is 18.0 Å². The van der Waals surface area contributed by atoms with Crippen LogP contribution >= 0.6 is 0 Å². The summed E-state index contributed by atoms with van der Waals surface area (Å²) in [5.74, 6) is -1.43. The summed E-state index contributed by atoms with van der Waals surface area (Å²) in [5, 5.41) is 13.6. The lowest BCUT2D eigenvalue weighted by Crippen LogP contribution is -2.25. The average Bonchev–Trinajstić information content (AvgIpc) is 3.28. The standard InChI is InChI=1S/C22H21N3O4/c26-21-19(29-15-16-8-2-1-3-9-16)14-25(23-20(21)22(27)28)18-11-5-4-10-17(18)24-12-6-7-13-24/h1-5,8-11,14H,6-7,12-13,15H2,(H,27,28). The monoisotopic (exact) mass is 391 g/mol. The number of para-hydroxylation sites is 2. The fraction of sp³-hybridized carbons (Fsp3) is 0.227. The Morgan fingerprint density at radius 3 is 2.34 bits per heavy atom. The second-order valence-electron chi connectivity index (χ2n) is 6.88. The molecular weight excluding hydrogens is 370 g/mol. The van der Waals surface area contributed by atoms with Crippen molar-refractivity contribution in [1.82, 2.24) is 9.78 Å². The molecule has 2 heterocycles. The number of carboxylic acids is 1. The summed E-state index contributed by atoms with van der Waals surface area (Å²) in [6, 6.07) is 17.0. The lowest BCUT2D eigenvalue weighted by molar-refractivity contribution is 0.0685. The van der Waals surface area contributed by atoms with Gasteiger partial charge in [-0.3, -0.25) is 4.79 Å². The number of hydrogen-bond acceptors (Lipinski definition) is 5. The van der Waals surface area contributed by atoms with Gasteiger partial charge in [0.05, 0.1) is 17.6 Å². The summed E-state index contributed by atoms with van der Waals surface area (Å²) in [6.45, 7) is 2.02. The van der Waals surface area contributed by atoms with Crippen LogP contribution in [-0.4, -0.2) is 33.9 Å². The average molecular weight is 391 g/mol. The second-order valence-corrected chi connectivity index (χ2v) is 6.88. The van der Waals surface area contributed by atoms with Gasteiger partial charge in [-0.05, 0) is 30.5 Å². The zero-order valence-electron chi connectivity index (χ0n) is 15.8. The number of ether oxygens (including phenoxy) is 1. The molecule has 1 aromatic heterocycles. The quantitative estimate of drug-likeness (QED) is 0.695. The number of carbonyl (C=O) groups is 1. The van der Waals surface area contributed by atoms with Crippen LogP contribution in [0.1, 0.15) is 28.9 Å². The van der Waals surface area contributed by atoms with Crippen LogP contribution in [0.5, 0.6) is 5.75 Å². The molecule has 0 spiro atoms. The van der Waals surface area contributed by atoms with E-state index < -0.39 is 17.1 Å². The van der Waals surface area contributed by atoms with Crippen LogP contribution < -0.4 is 15.1 Å². The predicted octanol–water partition coefficient (Wildman–Crippen LogP) is 3.11. The van der Waals surface area contributed by atoms with E-state index in [4.69, 9.17) is 4.74 Å². The van der Waals surface area contributed by atoms with E-state index >= 15 is 0 Å². The first-order valence-corrected chi connectivity index (χ1v) is 9.52. The Morgan fingerprint density at radius 1 is 1.00 bits per heavy atom. The van der Waals surface area contributed by atoms with E-state index in [1.54, 1.807) is 0 Å². The Bertz CT molecular complexity index is 1070. The van der Waals surface area contributed by atoms with Crippen LogP contribution in [0.4, 0.5) is 5.69 Å². The molecule has 0 saturated carbocycles. The van der Waals surface area contributed by atoms with E-state index in [0.717, 1.165) is 37.2 Å². The van der Waals surface area contributed by atoms with E-state index in [9.17, 15) is 14.7 Å². The largest absolute Gasteiger partial charge is 0.483 e. The normalized spacial score (nSPS) is 13.4. The van der Waals surface area contributed by atoms with Gasteiger partial charge >= 0.3 is 5.97 Å². The fourth-order valence-corrected chi connectivity index (χ4v) is 3.45. The SMILES string of the molecule is O=C(O)c1nn(-c2ccccc2N2CCCC2)cc(OCc2ccccc2)c1=O. The van der Waals surface area contributed by atoms with Crippen molar-refractivity contribution in [1.29, 1.82) is 0 Å². The molecular formula is C22H21N3O4. The van der Waals surface area contributed by atoms with Crippen molar-refractivity contribution in [3.63, 3.8) is 0 Å². The number of aromatic carboxylic acids is 1. The van der Waals surface area contributed by atoms with Crippen molar-refractivity contribution in [2.24, 2.45) is 0 Å². The van der Waals surface area contributed by atoms with Gasteiger partial charge in [-0.1, -0.05) is 42.5 Å². The predicted molar refractivity (Wildman–Crippen MR) is 109 cm³/mol. The zero-order valence-corrected chi connectivity index (χ0v) is 15.8. The van der Waals surface area contributed by atoms with E-state index in [1.165, 1.54) is 10.9 Å². The molecule has 1 fully saturated rings. The molecule has 0 aliphatic carbocycles. The first-order valence-electron chi connectivity index (χ1n) is 9.52. The lowest BCUT2D eigenvalue weighted by atomic mass is 10.2.